The summed E-state index contributed by atoms with van der Waals surface area (Å²) in [4.78, 5) is 14.4. The van der Waals surface area contributed by atoms with Crippen molar-refractivity contribution in [1.29, 1.82) is 0 Å². The fourth-order valence-corrected chi connectivity index (χ4v) is 3.15. The number of likely N-dealkylation sites (tertiary alicyclic amines) is 1. The largest absolute Gasteiger partial charge is 0.373 e. The van der Waals surface area contributed by atoms with Crippen molar-refractivity contribution < 1.29 is 9.53 Å². The third-order valence-electron chi connectivity index (χ3n) is 4.09. The third kappa shape index (κ3) is 1.93. The molecular weight excluding hydrogens is 226 g/mol. The highest BCUT2D eigenvalue weighted by molar-refractivity contribution is 5.95. The molecule has 1 aromatic rings. The van der Waals surface area contributed by atoms with Crippen LogP contribution in [0.15, 0.2) is 24.3 Å². The third-order valence-corrected chi connectivity index (χ3v) is 4.09. The predicted octanol–water partition coefficient (Wildman–Crippen LogP) is 2.24. The molecule has 0 aromatic heterocycles. The van der Waals surface area contributed by atoms with Crippen molar-refractivity contribution in [2.75, 3.05) is 13.1 Å². The molecule has 0 aliphatic carbocycles. The maximum absolute atomic E-state index is 12.5. The summed E-state index contributed by atoms with van der Waals surface area (Å²) in [6, 6.07) is 7.79. The highest BCUT2D eigenvalue weighted by Crippen LogP contribution is 2.33. The van der Waals surface area contributed by atoms with Crippen molar-refractivity contribution in [3.63, 3.8) is 0 Å². The first-order valence-electron chi connectivity index (χ1n) is 6.65. The minimum Gasteiger partial charge on any atom is -0.373 e. The average Bonchev–Trinajstić information content (AvgIpc) is 2.85. The predicted molar refractivity (Wildman–Crippen MR) is 69.5 cm³/mol. The number of aryl methyl sites for hydroxylation is 1. The average molecular weight is 245 g/mol. The van der Waals surface area contributed by atoms with Gasteiger partial charge in [-0.2, -0.15) is 0 Å². The van der Waals surface area contributed by atoms with Crippen LogP contribution in [0.2, 0.25) is 0 Å². The van der Waals surface area contributed by atoms with Crippen LogP contribution in [0.1, 0.15) is 29.3 Å². The molecule has 3 atom stereocenters. The number of hydrogen-bond donors (Lipinski definition) is 0. The Morgan fingerprint density at radius 1 is 1.33 bits per heavy atom. The molecule has 1 amide bonds. The minimum atomic E-state index is 0.152. The van der Waals surface area contributed by atoms with Crippen LogP contribution in [0.4, 0.5) is 0 Å². The summed E-state index contributed by atoms with van der Waals surface area (Å²) in [5.41, 5.74) is 1.87. The van der Waals surface area contributed by atoms with Gasteiger partial charge < -0.3 is 9.64 Å². The molecule has 2 aliphatic heterocycles. The van der Waals surface area contributed by atoms with E-state index in [9.17, 15) is 4.79 Å². The quantitative estimate of drug-likeness (QED) is 0.759. The van der Waals surface area contributed by atoms with Gasteiger partial charge in [0.15, 0.2) is 0 Å². The highest BCUT2D eigenvalue weighted by atomic mass is 16.5. The van der Waals surface area contributed by atoms with Gasteiger partial charge in [-0.1, -0.05) is 18.2 Å². The van der Waals surface area contributed by atoms with E-state index in [0.717, 1.165) is 30.6 Å². The summed E-state index contributed by atoms with van der Waals surface area (Å²) < 4.78 is 5.84. The lowest BCUT2D eigenvalue weighted by Gasteiger charge is -2.19. The first kappa shape index (κ1) is 11.7. The zero-order valence-corrected chi connectivity index (χ0v) is 10.9. The maximum atomic E-state index is 12.5. The molecule has 0 spiro atoms. The van der Waals surface area contributed by atoms with Crippen LogP contribution in [0.3, 0.4) is 0 Å². The van der Waals surface area contributed by atoms with Gasteiger partial charge >= 0.3 is 0 Å². The Kier molecular flexibility index (Phi) is 2.86. The van der Waals surface area contributed by atoms with Gasteiger partial charge in [0.1, 0.15) is 0 Å². The second kappa shape index (κ2) is 4.39. The van der Waals surface area contributed by atoms with E-state index in [2.05, 4.69) is 6.92 Å². The summed E-state index contributed by atoms with van der Waals surface area (Å²) in [5, 5.41) is 0. The molecule has 3 rings (SSSR count). The molecule has 3 nitrogen and oxygen atoms in total. The molecule has 2 heterocycles. The highest BCUT2D eigenvalue weighted by Gasteiger charge is 2.42. The van der Waals surface area contributed by atoms with Crippen LogP contribution in [-0.2, 0) is 4.74 Å². The van der Waals surface area contributed by atoms with E-state index in [1.54, 1.807) is 0 Å². The molecule has 96 valence electrons. The van der Waals surface area contributed by atoms with Gasteiger partial charge in [0, 0.05) is 24.6 Å². The zero-order chi connectivity index (χ0) is 12.7. The smallest absolute Gasteiger partial charge is 0.254 e. The lowest BCUT2D eigenvalue weighted by Crippen LogP contribution is -2.31. The van der Waals surface area contributed by atoms with Gasteiger partial charge in [-0.15, -0.1) is 0 Å². The molecule has 0 unspecified atom stereocenters. The number of fused-ring (bicyclic) bond motifs is 1. The van der Waals surface area contributed by atoms with Gasteiger partial charge in [0.2, 0.25) is 0 Å². The summed E-state index contributed by atoms with van der Waals surface area (Å²) in [5.74, 6) is 0.687. The second-order valence-electron chi connectivity index (χ2n) is 5.51. The first-order valence-corrected chi connectivity index (χ1v) is 6.65. The normalized spacial score (nSPS) is 30.6. The zero-order valence-electron chi connectivity index (χ0n) is 10.9. The maximum Gasteiger partial charge on any atom is 0.254 e. The lowest BCUT2D eigenvalue weighted by molar-refractivity contribution is 0.0443. The van der Waals surface area contributed by atoms with E-state index in [-0.39, 0.29) is 12.0 Å². The minimum absolute atomic E-state index is 0.152. The van der Waals surface area contributed by atoms with Crippen molar-refractivity contribution in [1.82, 2.24) is 4.90 Å². The Hall–Kier alpha value is -1.35. The fourth-order valence-electron chi connectivity index (χ4n) is 3.15. The number of benzene rings is 1. The van der Waals surface area contributed by atoms with Crippen LogP contribution in [0.5, 0.6) is 0 Å². The van der Waals surface area contributed by atoms with E-state index in [1.165, 1.54) is 0 Å². The van der Waals surface area contributed by atoms with Gasteiger partial charge in [0.25, 0.3) is 5.91 Å². The van der Waals surface area contributed by atoms with E-state index >= 15 is 0 Å². The number of nitrogens with zero attached hydrogens (tertiary/aromatic N) is 1. The van der Waals surface area contributed by atoms with Gasteiger partial charge in [-0.3, -0.25) is 4.79 Å². The van der Waals surface area contributed by atoms with Crippen molar-refractivity contribution in [3.05, 3.63) is 35.4 Å². The second-order valence-corrected chi connectivity index (χ2v) is 5.51. The standard InChI is InChI=1S/C15H19NO2/c1-10-5-3-4-6-13(10)15(17)16-8-12-7-11(2)18-14(12)9-16/h3-6,11-12,14H,7-9H2,1-2H3/t11-,12+,14-/m0/s1. The molecule has 2 saturated heterocycles. The number of hydrogen-bond acceptors (Lipinski definition) is 2. The van der Waals surface area contributed by atoms with E-state index in [1.807, 2.05) is 36.1 Å². The van der Waals surface area contributed by atoms with Gasteiger partial charge in [-0.25, -0.2) is 0 Å². The van der Waals surface area contributed by atoms with Crippen molar-refractivity contribution in [2.24, 2.45) is 5.92 Å². The SMILES string of the molecule is Cc1ccccc1C(=O)N1C[C@H]2C[C@H](C)O[C@H]2C1. The van der Waals surface area contributed by atoms with Gasteiger partial charge in [0.05, 0.1) is 12.2 Å². The van der Waals surface area contributed by atoms with Crippen molar-refractivity contribution >= 4 is 5.91 Å². The fraction of sp³-hybridized carbons (Fsp3) is 0.533. The molecule has 2 fully saturated rings. The van der Waals surface area contributed by atoms with Crippen LogP contribution in [-0.4, -0.2) is 36.1 Å². The molecule has 0 bridgehead atoms. The number of carbonyl (C=O) groups is 1. The molecule has 2 aliphatic rings. The Labute approximate surface area is 108 Å². The number of amides is 1. The summed E-state index contributed by atoms with van der Waals surface area (Å²) in [6.07, 6.45) is 1.70. The monoisotopic (exact) mass is 245 g/mol. The number of carbonyl (C=O) groups excluding carboxylic acids is 1. The molecule has 1 aromatic carbocycles. The Morgan fingerprint density at radius 2 is 2.11 bits per heavy atom. The van der Waals surface area contributed by atoms with Gasteiger partial charge in [-0.05, 0) is 31.9 Å². The molecule has 18 heavy (non-hydrogen) atoms. The molecule has 0 radical (unpaired) electrons. The van der Waals surface area contributed by atoms with Crippen LogP contribution < -0.4 is 0 Å². The summed E-state index contributed by atoms with van der Waals surface area (Å²) in [7, 11) is 0. The van der Waals surface area contributed by atoms with E-state index < -0.39 is 0 Å². The van der Waals surface area contributed by atoms with Crippen molar-refractivity contribution in [2.45, 2.75) is 32.5 Å². The molecule has 3 heteroatoms. The molecular formula is C15H19NO2. The number of rotatable bonds is 1. The number of ether oxygens (including phenoxy) is 1. The Balaban J connectivity index is 1.74. The van der Waals surface area contributed by atoms with Crippen LogP contribution >= 0.6 is 0 Å². The van der Waals surface area contributed by atoms with E-state index in [4.69, 9.17) is 4.74 Å². The topological polar surface area (TPSA) is 29.5 Å². The summed E-state index contributed by atoms with van der Waals surface area (Å²) >= 11 is 0. The van der Waals surface area contributed by atoms with Crippen LogP contribution in [0, 0.1) is 12.8 Å². The Morgan fingerprint density at radius 3 is 2.83 bits per heavy atom. The van der Waals surface area contributed by atoms with E-state index in [0.29, 0.717) is 12.0 Å². The summed E-state index contributed by atoms with van der Waals surface area (Å²) in [6.45, 7) is 5.71. The van der Waals surface area contributed by atoms with Crippen LogP contribution in [0.25, 0.3) is 0 Å². The van der Waals surface area contributed by atoms with Crippen molar-refractivity contribution in [3.8, 4) is 0 Å². The first-order chi connectivity index (χ1) is 8.65. The lowest BCUT2D eigenvalue weighted by atomic mass is 10.0. The molecule has 0 saturated carbocycles. The molecule has 0 N–H and O–H groups in total. The Bertz CT molecular complexity index is 457.